The van der Waals surface area contributed by atoms with E-state index in [4.69, 9.17) is 16.7 Å². The molecule has 1 aromatic carbocycles. The molecular weight excluding hydrogens is 240 g/mol. The molecule has 0 bridgehead atoms. The lowest BCUT2D eigenvalue weighted by Gasteiger charge is -2.13. The quantitative estimate of drug-likeness (QED) is 0.798. The molecule has 0 radical (unpaired) electrons. The second kappa shape index (κ2) is 4.96. The highest BCUT2D eigenvalue weighted by molar-refractivity contribution is 6.33. The number of carboxylic acid groups (broad SMARTS) is 1. The predicted octanol–water partition coefficient (Wildman–Crippen LogP) is 2.94. The number of aryl methyl sites for hydroxylation is 1. The minimum atomic E-state index is -0.954. The number of aromatic hydroxyl groups is 1. The molecule has 1 aromatic rings. The SMILES string of the molecule is O=C(O)Cc1cc2c(c(Cl)c1O)CCCCC2. The second-order valence-corrected chi connectivity index (χ2v) is 4.85. The lowest BCUT2D eigenvalue weighted by atomic mass is 9.97. The highest BCUT2D eigenvalue weighted by atomic mass is 35.5. The van der Waals surface area contributed by atoms with Gasteiger partial charge in [0.05, 0.1) is 11.4 Å². The molecular formula is C13H15ClO3. The van der Waals surface area contributed by atoms with Crippen molar-refractivity contribution in [1.29, 1.82) is 0 Å². The normalized spacial score (nSPS) is 15.1. The maximum atomic E-state index is 10.7. The van der Waals surface area contributed by atoms with Gasteiger partial charge in [-0.15, -0.1) is 0 Å². The first-order valence-electron chi connectivity index (χ1n) is 5.83. The van der Waals surface area contributed by atoms with E-state index in [-0.39, 0.29) is 12.2 Å². The third-order valence-electron chi connectivity index (χ3n) is 3.23. The van der Waals surface area contributed by atoms with Gasteiger partial charge in [0.1, 0.15) is 5.75 Å². The zero-order valence-electron chi connectivity index (χ0n) is 9.50. The van der Waals surface area contributed by atoms with Crippen molar-refractivity contribution in [3.63, 3.8) is 0 Å². The Balaban J connectivity index is 2.47. The molecule has 2 N–H and O–H groups in total. The van der Waals surface area contributed by atoms with E-state index in [9.17, 15) is 9.90 Å². The van der Waals surface area contributed by atoms with Crippen LogP contribution in [0.4, 0.5) is 0 Å². The van der Waals surface area contributed by atoms with Crippen molar-refractivity contribution >= 4 is 17.6 Å². The Bertz CT molecular complexity index is 454. The van der Waals surface area contributed by atoms with Crippen molar-refractivity contribution in [2.75, 3.05) is 0 Å². The molecule has 92 valence electrons. The fraction of sp³-hybridized carbons (Fsp3) is 0.462. The summed E-state index contributed by atoms with van der Waals surface area (Å²) in [6, 6.07) is 1.80. The van der Waals surface area contributed by atoms with Gasteiger partial charge in [0.25, 0.3) is 0 Å². The first-order valence-corrected chi connectivity index (χ1v) is 6.21. The third kappa shape index (κ3) is 2.55. The molecule has 4 heteroatoms. The fourth-order valence-electron chi connectivity index (χ4n) is 2.38. The van der Waals surface area contributed by atoms with E-state index in [2.05, 4.69) is 0 Å². The number of carboxylic acids is 1. The van der Waals surface area contributed by atoms with Crippen LogP contribution in [0, 0.1) is 0 Å². The topological polar surface area (TPSA) is 57.5 Å². The van der Waals surface area contributed by atoms with Crippen molar-refractivity contribution in [2.45, 2.75) is 38.5 Å². The molecule has 1 aliphatic rings. The van der Waals surface area contributed by atoms with Crippen molar-refractivity contribution in [3.05, 3.63) is 27.8 Å². The predicted molar refractivity (Wildman–Crippen MR) is 65.7 cm³/mol. The van der Waals surface area contributed by atoms with E-state index >= 15 is 0 Å². The number of phenolic OH excluding ortho intramolecular Hbond substituents is 1. The van der Waals surface area contributed by atoms with Gasteiger partial charge in [-0.2, -0.15) is 0 Å². The number of carbonyl (C=O) groups is 1. The van der Waals surface area contributed by atoms with Crippen molar-refractivity contribution in [3.8, 4) is 5.75 Å². The molecule has 0 unspecified atom stereocenters. The molecule has 1 aliphatic carbocycles. The summed E-state index contributed by atoms with van der Waals surface area (Å²) in [4.78, 5) is 10.7. The molecule has 0 saturated carbocycles. The number of hydrogen-bond donors (Lipinski definition) is 2. The number of hydrogen-bond acceptors (Lipinski definition) is 2. The van der Waals surface area contributed by atoms with E-state index in [0.717, 1.165) is 43.2 Å². The molecule has 0 saturated heterocycles. The maximum absolute atomic E-state index is 10.7. The number of rotatable bonds is 2. The first kappa shape index (κ1) is 12.2. The van der Waals surface area contributed by atoms with Crippen LogP contribution in [0.3, 0.4) is 0 Å². The summed E-state index contributed by atoms with van der Waals surface area (Å²) in [6.45, 7) is 0. The van der Waals surface area contributed by atoms with Crippen LogP contribution in [0.1, 0.15) is 36.0 Å². The van der Waals surface area contributed by atoms with Crippen LogP contribution in [0.25, 0.3) is 0 Å². The van der Waals surface area contributed by atoms with Crippen LogP contribution in [-0.4, -0.2) is 16.2 Å². The largest absolute Gasteiger partial charge is 0.506 e. The number of halogens is 1. The van der Waals surface area contributed by atoms with E-state index in [1.54, 1.807) is 6.07 Å². The number of benzene rings is 1. The Labute approximate surface area is 105 Å². The van der Waals surface area contributed by atoms with Gasteiger partial charge in [-0.3, -0.25) is 4.79 Å². The van der Waals surface area contributed by atoms with Gasteiger partial charge in [-0.05, 0) is 36.8 Å². The average molecular weight is 255 g/mol. The number of phenols is 1. The van der Waals surface area contributed by atoms with Crippen LogP contribution in [-0.2, 0) is 24.1 Å². The molecule has 0 atom stereocenters. The Morgan fingerprint density at radius 1 is 1.29 bits per heavy atom. The molecule has 0 aliphatic heterocycles. The minimum Gasteiger partial charge on any atom is -0.506 e. The van der Waals surface area contributed by atoms with Crippen LogP contribution in [0.2, 0.25) is 5.02 Å². The van der Waals surface area contributed by atoms with Crippen LogP contribution >= 0.6 is 11.6 Å². The monoisotopic (exact) mass is 254 g/mol. The third-order valence-corrected chi connectivity index (χ3v) is 3.63. The molecule has 17 heavy (non-hydrogen) atoms. The number of aliphatic carboxylic acids is 1. The second-order valence-electron chi connectivity index (χ2n) is 4.47. The summed E-state index contributed by atoms with van der Waals surface area (Å²) in [5.74, 6) is -1.01. The summed E-state index contributed by atoms with van der Waals surface area (Å²) in [7, 11) is 0. The Hall–Kier alpha value is -1.22. The van der Waals surface area contributed by atoms with Crippen molar-refractivity contribution < 1.29 is 15.0 Å². The molecule has 3 nitrogen and oxygen atoms in total. The van der Waals surface area contributed by atoms with Crippen molar-refractivity contribution in [1.82, 2.24) is 0 Å². The standard InChI is InChI=1S/C13H15ClO3/c14-12-10-5-3-1-2-4-8(10)6-9(13(12)17)7-11(15)16/h6,17H,1-5,7H2,(H,15,16). The van der Waals surface area contributed by atoms with E-state index in [0.29, 0.717) is 10.6 Å². The van der Waals surface area contributed by atoms with E-state index in [1.807, 2.05) is 0 Å². The first-order chi connectivity index (χ1) is 8.09. The summed E-state index contributed by atoms with van der Waals surface area (Å²) in [5, 5.41) is 19.0. The van der Waals surface area contributed by atoms with Crippen LogP contribution in [0.15, 0.2) is 6.07 Å². The number of fused-ring (bicyclic) bond motifs is 1. The van der Waals surface area contributed by atoms with E-state index < -0.39 is 5.97 Å². The Morgan fingerprint density at radius 2 is 2.00 bits per heavy atom. The van der Waals surface area contributed by atoms with Gasteiger partial charge in [-0.1, -0.05) is 24.1 Å². The Kier molecular flexibility index (Phi) is 3.57. The highest BCUT2D eigenvalue weighted by Gasteiger charge is 2.18. The molecule has 2 rings (SSSR count). The molecule has 0 spiro atoms. The van der Waals surface area contributed by atoms with Gasteiger partial charge in [0.15, 0.2) is 0 Å². The lowest BCUT2D eigenvalue weighted by Crippen LogP contribution is -2.03. The van der Waals surface area contributed by atoms with Crippen LogP contribution < -0.4 is 0 Å². The lowest BCUT2D eigenvalue weighted by molar-refractivity contribution is -0.136. The summed E-state index contributed by atoms with van der Waals surface area (Å²) >= 11 is 6.13. The fourth-order valence-corrected chi connectivity index (χ4v) is 2.71. The molecule has 0 fully saturated rings. The average Bonchev–Trinajstić information content (AvgIpc) is 2.50. The maximum Gasteiger partial charge on any atom is 0.307 e. The van der Waals surface area contributed by atoms with Gasteiger partial charge in [0, 0.05) is 5.56 Å². The van der Waals surface area contributed by atoms with Gasteiger partial charge < -0.3 is 10.2 Å². The highest BCUT2D eigenvalue weighted by Crippen LogP contribution is 2.37. The summed E-state index contributed by atoms with van der Waals surface area (Å²) < 4.78 is 0. The summed E-state index contributed by atoms with van der Waals surface area (Å²) in [6.07, 6.45) is 4.93. The minimum absolute atomic E-state index is 0.0604. The van der Waals surface area contributed by atoms with Gasteiger partial charge >= 0.3 is 5.97 Å². The van der Waals surface area contributed by atoms with Crippen LogP contribution in [0.5, 0.6) is 5.75 Å². The summed E-state index contributed by atoms with van der Waals surface area (Å²) in [5.41, 5.74) is 2.51. The zero-order valence-corrected chi connectivity index (χ0v) is 10.3. The molecule has 0 aromatic heterocycles. The van der Waals surface area contributed by atoms with Crippen molar-refractivity contribution in [2.24, 2.45) is 0 Å². The van der Waals surface area contributed by atoms with Gasteiger partial charge in [-0.25, -0.2) is 0 Å². The molecule has 0 amide bonds. The van der Waals surface area contributed by atoms with Gasteiger partial charge in [0.2, 0.25) is 0 Å². The van der Waals surface area contributed by atoms with E-state index in [1.165, 1.54) is 0 Å². The molecule has 0 heterocycles. The zero-order chi connectivity index (χ0) is 12.4. The smallest absolute Gasteiger partial charge is 0.307 e. The Morgan fingerprint density at radius 3 is 2.71 bits per heavy atom.